The van der Waals surface area contributed by atoms with Crippen LogP contribution in [0.2, 0.25) is 0 Å². The largest absolute Gasteiger partial charge is 0.497 e. The lowest BCUT2D eigenvalue weighted by atomic mass is 10.1. The third kappa shape index (κ3) is 3.66. The molecule has 29 heavy (non-hydrogen) atoms. The van der Waals surface area contributed by atoms with Crippen LogP contribution >= 0.6 is 11.3 Å². The van der Waals surface area contributed by atoms with E-state index in [1.807, 2.05) is 23.6 Å². The van der Waals surface area contributed by atoms with Gasteiger partial charge < -0.3 is 14.4 Å². The number of anilines is 2. The first-order valence-electron chi connectivity index (χ1n) is 8.96. The molecule has 1 aliphatic rings. The van der Waals surface area contributed by atoms with Crippen molar-refractivity contribution in [3.63, 3.8) is 0 Å². The van der Waals surface area contributed by atoms with Gasteiger partial charge in [0.1, 0.15) is 11.5 Å². The van der Waals surface area contributed by atoms with E-state index in [1.165, 1.54) is 11.3 Å². The SMILES string of the molecule is COc1cccc(C(=O)Nc2nc(-c3ccc4c(c3)N(C)C(=O)[C@@H](C)O4)cs2)c1. The van der Waals surface area contributed by atoms with Crippen LogP contribution in [0.5, 0.6) is 11.5 Å². The summed E-state index contributed by atoms with van der Waals surface area (Å²) in [7, 11) is 3.28. The van der Waals surface area contributed by atoms with E-state index in [9.17, 15) is 9.59 Å². The smallest absolute Gasteiger partial charge is 0.267 e. The van der Waals surface area contributed by atoms with Crippen LogP contribution in [0.15, 0.2) is 47.8 Å². The maximum absolute atomic E-state index is 12.5. The average Bonchev–Trinajstić information content (AvgIpc) is 3.20. The van der Waals surface area contributed by atoms with Crippen molar-refractivity contribution in [2.24, 2.45) is 0 Å². The molecule has 0 radical (unpaired) electrons. The summed E-state index contributed by atoms with van der Waals surface area (Å²) in [6, 6.07) is 12.5. The molecule has 1 aliphatic heterocycles. The van der Waals surface area contributed by atoms with Gasteiger partial charge in [-0.1, -0.05) is 6.07 Å². The van der Waals surface area contributed by atoms with Gasteiger partial charge in [0.15, 0.2) is 11.2 Å². The number of benzene rings is 2. The summed E-state index contributed by atoms with van der Waals surface area (Å²) in [5, 5.41) is 5.15. The molecular formula is C21H19N3O4S. The Bertz CT molecular complexity index is 1100. The van der Waals surface area contributed by atoms with E-state index in [0.29, 0.717) is 33.6 Å². The number of fused-ring (bicyclic) bond motifs is 1. The van der Waals surface area contributed by atoms with E-state index in [2.05, 4.69) is 10.3 Å². The lowest BCUT2D eigenvalue weighted by molar-refractivity contribution is -0.125. The molecule has 4 rings (SSSR count). The summed E-state index contributed by atoms with van der Waals surface area (Å²) in [6.45, 7) is 1.73. The molecule has 1 N–H and O–H groups in total. The third-order valence-corrected chi connectivity index (χ3v) is 5.41. The van der Waals surface area contributed by atoms with Gasteiger partial charge >= 0.3 is 0 Å². The number of thiazole rings is 1. The second-order valence-electron chi connectivity index (χ2n) is 6.56. The highest BCUT2D eigenvalue weighted by atomic mass is 32.1. The zero-order valence-corrected chi connectivity index (χ0v) is 16.9. The van der Waals surface area contributed by atoms with Crippen molar-refractivity contribution in [3.05, 3.63) is 53.4 Å². The Kier molecular flexibility index (Phi) is 4.94. The van der Waals surface area contributed by atoms with Crippen LogP contribution in [0, 0.1) is 0 Å². The summed E-state index contributed by atoms with van der Waals surface area (Å²) in [5.41, 5.74) is 2.72. The summed E-state index contributed by atoms with van der Waals surface area (Å²) in [5.74, 6) is 0.911. The van der Waals surface area contributed by atoms with Crippen molar-refractivity contribution >= 4 is 34.0 Å². The van der Waals surface area contributed by atoms with E-state index in [4.69, 9.17) is 9.47 Å². The number of carbonyl (C=O) groups excluding carboxylic acids is 2. The minimum atomic E-state index is -0.504. The predicted molar refractivity (Wildman–Crippen MR) is 112 cm³/mol. The number of nitrogens with zero attached hydrogens (tertiary/aromatic N) is 2. The summed E-state index contributed by atoms with van der Waals surface area (Å²) < 4.78 is 10.8. The number of aromatic nitrogens is 1. The van der Waals surface area contributed by atoms with Crippen molar-refractivity contribution in [3.8, 4) is 22.8 Å². The topological polar surface area (TPSA) is 80.8 Å². The molecule has 0 aliphatic carbocycles. The van der Waals surface area contributed by atoms with Crippen LogP contribution in [0.25, 0.3) is 11.3 Å². The number of ether oxygens (including phenoxy) is 2. The monoisotopic (exact) mass is 409 g/mol. The van der Waals surface area contributed by atoms with Crippen molar-refractivity contribution in [2.75, 3.05) is 24.4 Å². The van der Waals surface area contributed by atoms with E-state index < -0.39 is 6.10 Å². The Labute approximate surface area is 171 Å². The zero-order chi connectivity index (χ0) is 20.5. The van der Waals surface area contributed by atoms with Gasteiger partial charge in [-0.25, -0.2) is 4.98 Å². The maximum Gasteiger partial charge on any atom is 0.267 e. The van der Waals surface area contributed by atoms with Gasteiger partial charge in [-0.05, 0) is 43.3 Å². The number of hydrogen-bond acceptors (Lipinski definition) is 6. The molecule has 0 bridgehead atoms. The quantitative estimate of drug-likeness (QED) is 0.709. The molecule has 7 nitrogen and oxygen atoms in total. The van der Waals surface area contributed by atoms with E-state index in [-0.39, 0.29) is 11.8 Å². The lowest BCUT2D eigenvalue weighted by Gasteiger charge is -2.30. The first-order valence-corrected chi connectivity index (χ1v) is 9.84. The summed E-state index contributed by atoms with van der Waals surface area (Å²) in [6.07, 6.45) is -0.504. The highest BCUT2D eigenvalue weighted by Crippen LogP contribution is 2.37. The Balaban J connectivity index is 1.55. The lowest BCUT2D eigenvalue weighted by Crippen LogP contribution is -2.41. The fourth-order valence-electron chi connectivity index (χ4n) is 3.07. The fraction of sp³-hybridized carbons (Fsp3) is 0.190. The van der Waals surface area contributed by atoms with Gasteiger partial charge in [0.25, 0.3) is 11.8 Å². The van der Waals surface area contributed by atoms with Gasteiger partial charge in [0.05, 0.1) is 18.5 Å². The minimum absolute atomic E-state index is 0.0980. The van der Waals surface area contributed by atoms with Crippen LogP contribution < -0.4 is 19.7 Å². The highest BCUT2D eigenvalue weighted by Gasteiger charge is 2.29. The number of likely N-dealkylation sites (N-methyl/N-ethyl adjacent to an activating group) is 1. The second kappa shape index (κ2) is 7.56. The van der Waals surface area contributed by atoms with Gasteiger partial charge in [-0.15, -0.1) is 11.3 Å². The number of amides is 2. The molecule has 2 amide bonds. The van der Waals surface area contributed by atoms with Crippen molar-refractivity contribution in [1.29, 1.82) is 0 Å². The molecule has 3 aromatic rings. The fourth-order valence-corrected chi connectivity index (χ4v) is 3.78. The van der Waals surface area contributed by atoms with Gasteiger partial charge in [-0.2, -0.15) is 0 Å². The minimum Gasteiger partial charge on any atom is -0.497 e. The first kappa shape index (κ1) is 18.9. The predicted octanol–water partition coefficient (Wildman–Crippen LogP) is 3.81. The summed E-state index contributed by atoms with van der Waals surface area (Å²) >= 11 is 1.33. The molecule has 1 atom stereocenters. The molecule has 0 fully saturated rings. The normalized spacial score (nSPS) is 15.5. The molecule has 1 aromatic heterocycles. The van der Waals surface area contributed by atoms with E-state index in [0.717, 1.165) is 5.56 Å². The molecule has 0 saturated heterocycles. The highest BCUT2D eigenvalue weighted by molar-refractivity contribution is 7.14. The Morgan fingerprint density at radius 2 is 2.10 bits per heavy atom. The van der Waals surface area contributed by atoms with Crippen LogP contribution in [0.4, 0.5) is 10.8 Å². The number of nitrogens with one attached hydrogen (secondary N) is 1. The number of hydrogen-bond donors (Lipinski definition) is 1. The second-order valence-corrected chi connectivity index (χ2v) is 7.42. The molecule has 0 unspecified atom stereocenters. The van der Waals surface area contributed by atoms with Crippen molar-refractivity contribution in [2.45, 2.75) is 13.0 Å². The number of methoxy groups -OCH3 is 1. The zero-order valence-electron chi connectivity index (χ0n) is 16.1. The summed E-state index contributed by atoms with van der Waals surface area (Å²) in [4.78, 5) is 30.7. The average molecular weight is 409 g/mol. The van der Waals surface area contributed by atoms with Gasteiger partial charge in [0.2, 0.25) is 0 Å². The molecular weight excluding hydrogens is 390 g/mol. The van der Waals surface area contributed by atoms with Crippen LogP contribution in [-0.4, -0.2) is 37.1 Å². The molecule has 2 heterocycles. The first-order chi connectivity index (χ1) is 14.0. The number of rotatable bonds is 4. The van der Waals surface area contributed by atoms with Gasteiger partial charge in [-0.3, -0.25) is 14.9 Å². The molecule has 2 aromatic carbocycles. The Morgan fingerprint density at radius 1 is 1.28 bits per heavy atom. The van der Waals surface area contributed by atoms with Crippen LogP contribution in [0.3, 0.4) is 0 Å². The standard InChI is InChI=1S/C21H19N3O4S/c1-12-20(26)24(2)17-10-13(7-8-18(17)28-12)16-11-29-21(22-16)23-19(25)14-5-4-6-15(9-14)27-3/h4-12H,1-3H3,(H,22,23,25)/t12-/m1/s1. The van der Waals surface area contributed by atoms with E-state index >= 15 is 0 Å². The third-order valence-electron chi connectivity index (χ3n) is 4.65. The van der Waals surface area contributed by atoms with Gasteiger partial charge in [0, 0.05) is 23.6 Å². The molecule has 0 spiro atoms. The Morgan fingerprint density at radius 3 is 2.90 bits per heavy atom. The van der Waals surface area contributed by atoms with E-state index in [1.54, 1.807) is 50.2 Å². The van der Waals surface area contributed by atoms with Crippen molar-refractivity contribution < 1.29 is 19.1 Å². The Hall–Kier alpha value is -3.39. The maximum atomic E-state index is 12.5. The van der Waals surface area contributed by atoms with Crippen LogP contribution in [-0.2, 0) is 4.79 Å². The number of carbonyl (C=O) groups is 2. The van der Waals surface area contributed by atoms with Crippen molar-refractivity contribution in [1.82, 2.24) is 4.98 Å². The molecule has 8 heteroatoms. The van der Waals surface area contributed by atoms with Crippen LogP contribution in [0.1, 0.15) is 17.3 Å². The molecule has 0 saturated carbocycles. The molecule has 148 valence electrons.